The number of rotatable bonds is 6. The van der Waals surface area contributed by atoms with Crippen LogP contribution in [0, 0.1) is 5.92 Å². The molecule has 0 aromatic rings. The minimum Gasteiger partial charge on any atom is -0.354 e. The molecule has 0 aliphatic heterocycles. The van der Waals surface area contributed by atoms with Gasteiger partial charge in [-0.25, -0.2) is 0 Å². The van der Waals surface area contributed by atoms with Gasteiger partial charge in [-0.15, -0.1) is 0 Å². The van der Waals surface area contributed by atoms with Crippen LogP contribution >= 0.6 is 15.9 Å². The van der Waals surface area contributed by atoms with Gasteiger partial charge in [0.2, 0.25) is 11.8 Å². The number of hydrogen-bond donors (Lipinski definition) is 2. The molecule has 0 aliphatic carbocycles. The first-order valence-electron chi connectivity index (χ1n) is 5.60. The van der Waals surface area contributed by atoms with Crippen molar-refractivity contribution < 1.29 is 9.59 Å². The zero-order valence-corrected chi connectivity index (χ0v) is 11.9. The van der Waals surface area contributed by atoms with Crippen molar-refractivity contribution in [2.24, 2.45) is 5.92 Å². The van der Waals surface area contributed by atoms with Gasteiger partial charge in [-0.3, -0.25) is 9.59 Å². The number of amides is 2. The molecule has 2 N–H and O–H groups in total. The summed E-state index contributed by atoms with van der Waals surface area (Å²) in [5.41, 5.74) is 0. The van der Waals surface area contributed by atoms with Crippen molar-refractivity contribution in [3.8, 4) is 0 Å². The summed E-state index contributed by atoms with van der Waals surface area (Å²) in [6.07, 6.45) is 0.701. The molecule has 0 aliphatic rings. The van der Waals surface area contributed by atoms with Crippen LogP contribution in [0.4, 0.5) is 0 Å². The Balaban J connectivity index is 4.00. The van der Waals surface area contributed by atoms with Gasteiger partial charge in [-0.2, -0.15) is 0 Å². The minimum atomic E-state index is -0.488. The fraction of sp³-hybridized carbons (Fsp3) is 0.818. The van der Waals surface area contributed by atoms with E-state index in [4.69, 9.17) is 0 Å². The predicted octanol–water partition coefficient (Wildman–Crippen LogP) is 1.44. The Labute approximate surface area is 106 Å². The van der Waals surface area contributed by atoms with Crippen LogP contribution in [0.15, 0.2) is 0 Å². The molecule has 0 saturated heterocycles. The molecule has 0 spiro atoms. The quantitative estimate of drug-likeness (QED) is 0.728. The van der Waals surface area contributed by atoms with E-state index in [2.05, 4.69) is 26.6 Å². The van der Waals surface area contributed by atoms with E-state index in [1.165, 1.54) is 0 Å². The molecular weight excluding hydrogens is 272 g/mol. The van der Waals surface area contributed by atoms with Crippen LogP contribution in [-0.4, -0.2) is 29.2 Å². The summed E-state index contributed by atoms with van der Waals surface area (Å²) >= 11 is 3.24. The minimum absolute atomic E-state index is 0.141. The standard InChI is InChI=1S/C11H21BrN2O2/c1-5-9(12)11(16)14-8(4)10(15)13-6-7(2)3/h7-9H,5-6H2,1-4H3,(H,13,15)(H,14,16). The fourth-order valence-electron chi connectivity index (χ4n) is 1.01. The van der Waals surface area contributed by atoms with Gasteiger partial charge in [-0.1, -0.05) is 36.7 Å². The van der Waals surface area contributed by atoms with Gasteiger partial charge in [0.25, 0.3) is 0 Å². The lowest BCUT2D eigenvalue weighted by atomic mass is 10.2. The Hall–Kier alpha value is -0.580. The Morgan fingerprint density at radius 3 is 2.19 bits per heavy atom. The number of carbonyl (C=O) groups excluding carboxylic acids is 2. The highest BCUT2D eigenvalue weighted by molar-refractivity contribution is 9.10. The summed E-state index contributed by atoms with van der Waals surface area (Å²) in [7, 11) is 0. The SMILES string of the molecule is CCC(Br)C(=O)NC(C)C(=O)NCC(C)C. The molecule has 0 saturated carbocycles. The molecule has 0 rings (SSSR count). The van der Waals surface area contributed by atoms with Gasteiger partial charge < -0.3 is 10.6 Å². The third-order valence-electron chi connectivity index (χ3n) is 2.08. The Morgan fingerprint density at radius 1 is 1.19 bits per heavy atom. The number of halogens is 1. The van der Waals surface area contributed by atoms with Crippen molar-refractivity contribution in [3.63, 3.8) is 0 Å². The highest BCUT2D eigenvalue weighted by atomic mass is 79.9. The zero-order valence-electron chi connectivity index (χ0n) is 10.3. The number of alkyl halides is 1. The van der Waals surface area contributed by atoms with E-state index in [0.29, 0.717) is 18.9 Å². The van der Waals surface area contributed by atoms with E-state index in [-0.39, 0.29) is 16.6 Å². The molecule has 2 unspecified atom stereocenters. The van der Waals surface area contributed by atoms with Crippen molar-refractivity contribution >= 4 is 27.7 Å². The smallest absolute Gasteiger partial charge is 0.242 e. The van der Waals surface area contributed by atoms with E-state index in [1.54, 1.807) is 6.92 Å². The molecular formula is C11H21BrN2O2. The van der Waals surface area contributed by atoms with Crippen LogP contribution in [0.3, 0.4) is 0 Å². The van der Waals surface area contributed by atoms with Crippen molar-refractivity contribution in [1.82, 2.24) is 10.6 Å². The average Bonchev–Trinajstić information content (AvgIpc) is 2.24. The molecule has 16 heavy (non-hydrogen) atoms. The summed E-state index contributed by atoms with van der Waals surface area (Å²) in [6.45, 7) is 8.26. The molecule has 2 amide bonds. The van der Waals surface area contributed by atoms with E-state index in [9.17, 15) is 9.59 Å². The normalized spacial score (nSPS) is 14.4. The van der Waals surface area contributed by atoms with Gasteiger partial charge in [0.1, 0.15) is 6.04 Å². The Kier molecular flexibility index (Phi) is 7.38. The molecule has 0 bridgehead atoms. The molecule has 0 radical (unpaired) electrons. The molecule has 94 valence electrons. The number of carbonyl (C=O) groups is 2. The maximum absolute atomic E-state index is 11.6. The first-order valence-corrected chi connectivity index (χ1v) is 6.52. The van der Waals surface area contributed by atoms with Gasteiger partial charge in [-0.05, 0) is 19.3 Å². The average molecular weight is 293 g/mol. The molecule has 0 aromatic heterocycles. The van der Waals surface area contributed by atoms with Crippen LogP contribution in [-0.2, 0) is 9.59 Å². The third-order valence-corrected chi connectivity index (χ3v) is 3.14. The van der Waals surface area contributed by atoms with Crippen molar-refractivity contribution in [2.75, 3.05) is 6.54 Å². The van der Waals surface area contributed by atoms with Gasteiger partial charge >= 0.3 is 0 Å². The second kappa shape index (κ2) is 7.65. The van der Waals surface area contributed by atoms with E-state index >= 15 is 0 Å². The van der Waals surface area contributed by atoms with Crippen LogP contribution in [0.5, 0.6) is 0 Å². The molecule has 5 heteroatoms. The van der Waals surface area contributed by atoms with Crippen molar-refractivity contribution in [2.45, 2.75) is 45.0 Å². The third kappa shape index (κ3) is 6.10. The highest BCUT2D eigenvalue weighted by Gasteiger charge is 2.19. The summed E-state index contributed by atoms with van der Waals surface area (Å²) in [6, 6.07) is -0.488. The van der Waals surface area contributed by atoms with Crippen LogP contribution < -0.4 is 10.6 Å². The second-order valence-corrected chi connectivity index (χ2v) is 5.35. The maximum atomic E-state index is 11.6. The summed E-state index contributed by atoms with van der Waals surface area (Å²) in [5, 5.41) is 5.43. The van der Waals surface area contributed by atoms with E-state index < -0.39 is 6.04 Å². The van der Waals surface area contributed by atoms with Crippen molar-refractivity contribution in [1.29, 1.82) is 0 Å². The maximum Gasteiger partial charge on any atom is 0.242 e. The van der Waals surface area contributed by atoms with Gasteiger partial charge in [0.15, 0.2) is 0 Å². The van der Waals surface area contributed by atoms with Crippen LogP contribution in [0.1, 0.15) is 34.1 Å². The Morgan fingerprint density at radius 2 is 1.75 bits per heavy atom. The van der Waals surface area contributed by atoms with Crippen molar-refractivity contribution in [3.05, 3.63) is 0 Å². The molecule has 0 aromatic carbocycles. The second-order valence-electron chi connectivity index (χ2n) is 4.25. The molecule has 0 fully saturated rings. The zero-order chi connectivity index (χ0) is 12.7. The molecule has 0 heterocycles. The lowest BCUT2D eigenvalue weighted by molar-refractivity contribution is -0.128. The molecule has 2 atom stereocenters. The monoisotopic (exact) mass is 292 g/mol. The van der Waals surface area contributed by atoms with E-state index in [1.807, 2.05) is 20.8 Å². The van der Waals surface area contributed by atoms with Gasteiger partial charge in [0.05, 0.1) is 4.83 Å². The first kappa shape index (κ1) is 15.4. The van der Waals surface area contributed by atoms with Gasteiger partial charge in [0, 0.05) is 6.54 Å². The van der Waals surface area contributed by atoms with E-state index in [0.717, 1.165) is 0 Å². The number of hydrogen-bond acceptors (Lipinski definition) is 2. The Bertz CT molecular complexity index is 244. The molecule has 4 nitrogen and oxygen atoms in total. The lowest BCUT2D eigenvalue weighted by Gasteiger charge is -2.16. The van der Waals surface area contributed by atoms with Crippen LogP contribution in [0.25, 0.3) is 0 Å². The predicted molar refractivity (Wildman–Crippen MR) is 68.5 cm³/mol. The largest absolute Gasteiger partial charge is 0.354 e. The number of nitrogens with one attached hydrogen (secondary N) is 2. The fourth-order valence-corrected chi connectivity index (χ4v) is 1.14. The lowest BCUT2D eigenvalue weighted by Crippen LogP contribution is -2.47. The highest BCUT2D eigenvalue weighted by Crippen LogP contribution is 2.04. The topological polar surface area (TPSA) is 58.2 Å². The summed E-state index contributed by atoms with van der Waals surface area (Å²) in [5.74, 6) is 0.124. The first-order chi connectivity index (χ1) is 7.38. The van der Waals surface area contributed by atoms with Crippen LogP contribution in [0.2, 0.25) is 0 Å². The summed E-state index contributed by atoms with van der Waals surface area (Å²) < 4.78 is 0. The summed E-state index contributed by atoms with van der Waals surface area (Å²) in [4.78, 5) is 22.8.